The maximum absolute atomic E-state index is 11.9. The van der Waals surface area contributed by atoms with Gasteiger partial charge in [-0.3, -0.25) is 0 Å². The molecule has 1 N–H and O–H groups in total. The summed E-state index contributed by atoms with van der Waals surface area (Å²) in [5, 5.41) is 10.7. The third-order valence-electron chi connectivity index (χ3n) is 1.77. The van der Waals surface area contributed by atoms with E-state index < -0.39 is 12.7 Å². The summed E-state index contributed by atoms with van der Waals surface area (Å²) < 4.78 is 35.8. The molecule has 2 nitrogen and oxygen atoms in total. The molecule has 0 radical (unpaired) electrons. The van der Waals surface area contributed by atoms with Crippen molar-refractivity contribution in [3.05, 3.63) is 29.8 Å². The Morgan fingerprint density at radius 3 is 2.53 bits per heavy atom. The molecule has 0 aliphatic carbocycles. The number of nitrogens with zero attached hydrogens (tertiary/aromatic N) is 1. The first kappa shape index (κ1) is 11.4. The number of alkyl halides is 3. The Bertz CT molecular complexity index is 366. The topological polar surface area (TPSA) is 35.8 Å². The summed E-state index contributed by atoms with van der Waals surface area (Å²) in [5.41, 5.74) is 0.931. The highest BCUT2D eigenvalue weighted by atomic mass is 19.4. The molecule has 1 aromatic rings. The molecule has 0 aromatic heterocycles. The number of nitriles is 1. The lowest BCUT2D eigenvalue weighted by molar-refractivity contribution is -0.115. The number of hydrogen-bond acceptors (Lipinski definition) is 2. The molecule has 5 heteroatoms. The molecule has 0 bridgehead atoms. The molecule has 0 fully saturated rings. The largest absolute Gasteiger partial charge is 0.405 e. The number of nitrogens with one attached hydrogen (secondary N) is 1. The number of para-hydroxylation sites is 1. The predicted molar refractivity (Wildman–Crippen MR) is 50.3 cm³/mol. The summed E-state index contributed by atoms with van der Waals surface area (Å²) in [6, 6.07) is 8.36. The molecule has 0 atom stereocenters. The van der Waals surface area contributed by atoms with Crippen molar-refractivity contribution in [2.24, 2.45) is 0 Å². The van der Waals surface area contributed by atoms with Crippen molar-refractivity contribution in [3.63, 3.8) is 0 Å². The lowest BCUT2D eigenvalue weighted by Gasteiger charge is -2.11. The molecule has 0 amide bonds. The van der Waals surface area contributed by atoms with Crippen LogP contribution in [-0.2, 0) is 6.42 Å². The third kappa shape index (κ3) is 3.90. The van der Waals surface area contributed by atoms with Crippen molar-refractivity contribution in [1.29, 1.82) is 5.26 Å². The van der Waals surface area contributed by atoms with Gasteiger partial charge in [-0.1, -0.05) is 18.2 Å². The van der Waals surface area contributed by atoms with Gasteiger partial charge in [-0.2, -0.15) is 18.4 Å². The molecule has 1 rings (SSSR count). The zero-order valence-electron chi connectivity index (χ0n) is 7.80. The van der Waals surface area contributed by atoms with Gasteiger partial charge in [-0.25, -0.2) is 0 Å². The summed E-state index contributed by atoms with van der Waals surface area (Å²) in [7, 11) is 0. The van der Waals surface area contributed by atoms with Crippen LogP contribution in [0, 0.1) is 11.3 Å². The number of anilines is 1. The lowest BCUT2D eigenvalue weighted by Crippen LogP contribution is -2.21. The van der Waals surface area contributed by atoms with Crippen molar-refractivity contribution in [2.45, 2.75) is 12.6 Å². The van der Waals surface area contributed by atoms with Gasteiger partial charge in [0.1, 0.15) is 6.54 Å². The van der Waals surface area contributed by atoms with Gasteiger partial charge in [-0.05, 0) is 11.6 Å². The van der Waals surface area contributed by atoms with Crippen molar-refractivity contribution >= 4 is 5.69 Å². The predicted octanol–water partition coefficient (Wildman–Crippen LogP) is 2.73. The van der Waals surface area contributed by atoms with E-state index in [-0.39, 0.29) is 6.42 Å². The summed E-state index contributed by atoms with van der Waals surface area (Å²) in [6.45, 7) is -1.09. The van der Waals surface area contributed by atoms with Gasteiger partial charge in [0.05, 0.1) is 12.5 Å². The Hall–Kier alpha value is -1.70. The van der Waals surface area contributed by atoms with Gasteiger partial charge >= 0.3 is 6.18 Å². The summed E-state index contributed by atoms with van der Waals surface area (Å²) >= 11 is 0. The molecule has 0 saturated carbocycles. The standard InChI is InChI=1S/C10H9F3N2/c11-10(12,13)7-15-9-4-2-1-3-8(9)5-6-14/h1-4,15H,5,7H2. The van der Waals surface area contributed by atoms with Crippen LogP contribution in [-0.4, -0.2) is 12.7 Å². The molecular weight excluding hydrogens is 205 g/mol. The first-order chi connectivity index (χ1) is 7.03. The minimum atomic E-state index is -4.25. The van der Waals surface area contributed by atoms with Crippen molar-refractivity contribution < 1.29 is 13.2 Å². The van der Waals surface area contributed by atoms with Gasteiger partial charge < -0.3 is 5.32 Å². The average Bonchev–Trinajstić information content (AvgIpc) is 2.16. The van der Waals surface area contributed by atoms with Gasteiger partial charge in [0.2, 0.25) is 0 Å². The number of halogens is 3. The SMILES string of the molecule is N#CCc1ccccc1NCC(F)(F)F. The minimum absolute atomic E-state index is 0.0982. The summed E-state index contributed by atoms with van der Waals surface area (Å²) in [4.78, 5) is 0. The fourth-order valence-electron chi connectivity index (χ4n) is 1.13. The normalized spacial score (nSPS) is 10.8. The average molecular weight is 214 g/mol. The van der Waals surface area contributed by atoms with Gasteiger partial charge in [-0.15, -0.1) is 0 Å². The van der Waals surface area contributed by atoms with Crippen molar-refractivity contribution in [1.82, 2.24) is 0 Å². The quantitative estimate of drug-likeness (QED) is 0.839. The Morgan fingerprint density at radius 2 is 1.93 bits per heavy atom. The van der Waals surface area contributed by atoms with Crippen LogP contribution in [0.15, 0.2) is 24.3 Å². The fourth-order valence-corrected chi connectivity index (χ4v) is 1.13. The van der Waals surface area contributed by atoms with Crippen LogP contribution in [0.2, 0.25) is 0 Å². The second-order valence-electron chi connectivity index (χ2n) is 2.96. The summed E-state index contributed by atoms with van der Waals surface area (Å²) in [6.07, 6.45) is -4.15. The highest BCUT2D eigenvalue weighted by molar-refractivity contribution is 5.52. The highest BCUT2D eigenvalue weighted by Crippen LogP contribution is 2.19. The third-order valence-corrected chi connectivity index (χ3v) is 1.77. The molecule has 0 aliphatic rings. The van der Waals surface area contributed by atoms with E-state index in [9.17, 15) is 13.2 Å². The van der Waals surface area contributed by atoms with Crippen LogP contribution < -0.4 is 5.32 Å². The van der Waals surface area contributed by atoms with Crippen LogP contribution in [0.1, 0.15) is 5.56 Å². The minimum Gasteiger partial charge on any atom is -0.376 e. The fraction of sp³-hybridized carbons (Fsp3) is 0.300. The van der Waals surface area contributed by atoms with E-state index in [1.54, 1.807) is 18.2 Å². The van der Waals surface area contributed by atoms with E-state index in [1.165, 1.54) is 6.07 Å². The smallest absolute Gasteiger partial charge is 0.376 e. The van der Waals surface area contributed by atoms with Gasteiger partial charge in [0.15, 0.2) is 0 Å². The first-order valence-corrected chi connectivity index (χ1v) is 4.28. The molecule has 0 unspecified atom stereocenters. The zero-order chi connectivity index (χ0) is 11.3. The van der Waals surface area contributed by atoms with E-state index >= 15 is 0 Å². The van der Waals surface area contributed by atoms with Crippen LogP contribution in [0.3, 0.4) is 0 Å². The Labute approximate surface area is 85.3 Å². The molecule has 0 saturated heterocycles. The van der Waals surface area contributed by atoms with Crippen LogP contribution in [0.4, 0.5) is 18.9 Å². The molecule has 0 spiro atoms. The maximum atomic E-state index is 11.9. The molecule has 15 heavy (non-hydrogen) atoms. The van der Waals surface area contributed by atoms with Crippen LogP contribution in [0.25, 0.3) is 0 Å². The molecule has 1 aromatic carbocycles. The first-order valence-electron chi connectivity index (χ1n) is 4.28. The molecule has 0 heterocycles. The maximum Gasteiger partial charge on any atom is 0.405 e. The van der Waals surface area contributed by atoms with Crippen LogP contribution in [0.5, 0.6) is 0 Å². The second kappa shape index (κ2) is 4.69. The molecule has 0 aliphatic heterocycles. The monoisotopic (exact) mass is 214 g/mol. The van der Waals surface area contributed by atoms with Crippen LogP contribution >= 0.6 is 0 Å². The number of rotatable bonds is 3. The van der Waals surface area contributed by atoms with Gasteiger partial charge in [0.25, 0.3) is 0 Å². The van der Waals surface area contributed by atoms with E-state index in [1.807, 2.05) is 6.07 Å². The zero-order valence-corrected chi connectivity index (χ0v) is 7.80. The van der Waals surface area contributed by atoms with E-state index in [4.69, 9.17) is 5.26 Å². The van der Waals surface area contributed by atoms with Crippen molar-refractivity contribution in [2.75, 3.05) is 11.9 Å². The summed E-state index contributed by atoms with van der Waals surface area (Å²) in [5.74, 6) is 0. The number of benzene rings is 1. The van der Waals surface area contributed by atoms with Gasteiger partial charge in [0, 0.05) is 5.69 Å². The molecule has 80 valence electrons. The van der Waals surface area contributed by atoms with Crippen molar-refractivity contribution in [3.8, 4) is 6.07 Å². The van der Waals surface area contributed by atoms with E-state index in [0.29, 0.717) is 11.3 Å². The molecular formula is C10H9F3N2. The second-order valence-corrected chi connectivity index (χ2v) is 2.96. The Kier molecular flexibility index (Phi) is 3.56. The highest BCUT2D eigenvalue weighted by Gasteiger charge is 2.26. The van der Waals surface area contributed by atoms with E-state index in [2.05, 4.69) is 5.32 Å². The lowest BCUT2D eigenvalue weighted by atomic mass is 10.1. The number of hydrogen-bond donors (Lipinski definition) is 1. The van der Waals surface area contributed by atoms with E-state index in [0.717, 1.165) is 0 Å². The Morgan fingerprint density at radius 1 is 1.27 bits per heavy atom. The Balaban J connectivity index is 2.72.